The van der Waals surface area contributed by atoms with E-state index < -0.39 is 12.1 Å². The number of hydrogen-bond acceptors (Lipinski definition) is 5. The van der Waals surface area contributed by atoms with Gasteiger partial charge >= 0.3 is 5.97 Å². The molecule has 1 atom stereocenters. The molecule has 0 amide bonds. The van der Waals surface area contributed by atoms with Gasteiger partial charge in [0.05, 0.1) is 31.4 Å². The van der Waals surface area contributed by atoms with Crippen LogP contribution in [0.1, 0.15) is 18.6 Å². The summed E-state index contributed by atoms with van der Waals surface area (Å²) in [4.78, 5) is 11.5. The summed E-state index contributed by atoms with van der Waals surface area (Å²) in [6.07, 6.45) is -1.23. The second-order valence-electron chi connectivity index (χ2n) is 3.89. The number of methoxy groups -OCH3 is 2. The zero-order valence-electron chi connectivity index (χ0n) is 11.6. The highest BCUT2D eigenvalue weighted by Gasteiger charge is 2.22. The highest BCUT2D eigenvalue weighted by molar-refractivity contribution is 6.32. The molecule has 5 nitrogen and oxygen atoms in total. The number of carbonyl (C=O) groups excluding carboxylic acids is 1. The van der Waals surface area contributed by atoms with Crippen LogP contribution in [0.15, 0.2) is 24.3 Å². The van der Waals surface area contributed by atoms with Crippen molar-refractivity contribution >= 4 is 17.6 Å². The molecule has 0 bridgehead atoms. The normalized spacial score (nSPS) is 11.7. The molecule has 0 fully saturated rings. The van der Waals surface area contributed by atoms with Gasteiger partial charge in [0.15, 0.2) is 11.5 Å². The van der Waals surface area contributed by atoms with E-state index in [1.807, 2.05) is 0 Å². The van der Waals surface area contributed by atoms with Gasteiger partial charge in [-0.1, -0.05) is 18.2 Å². The van der Waals surface area contributed by atoms with Crippen LogP contribution in [0.2, 0.25) is 5.02 Å². The van der Waals surface area contributed by atoms with Crippen molar-refractivity contribution in [2.24, 2.45) is 0 Å². The van der Waals surface area contributed by atoms with E-state index >= 15 is 0 Å². The Balaban J connectivity index is 3.11. The molecule has 0 saturated carbocycles. The van der Waals surface area contributed by atoms with Crippen molar-refractivity contribution in [3.8, 4) is 11.5 Å². The summed E-state index contributed by atoms with van der Waals surface area (Å²) in [6, 6.07) is 3.01. The molecule has 1 aromatic carbocycles. The van der Waals surface area contributed by atoms with Crippen LogP contribution in [0.3, 0.4) is 0 Å². The van der Waals surface area contributed by atoms with Crippen molar-refractivity contribution in [2.75, 3.05) is 20.8 Å². The first kappa shape index (κ1) is 16.3. The van der Waals surface area contributed by atoms with Crippen molar-refractivity contribution in [3.63, 3.8) is 0 Å². The molecular weight excluding hydrogens is 284 g/mol. The van der Waals surface area contributed by atoms with E-state index in [4.69, 9.17) is 25.8 Å². The first-order valence-corrected chi connectivity index (χ1v) is 6.29. The van der Waals surface area contributed by atoms with Crippen molar-refractivity contribution in [3.05, 3.63) is 34.9 Å². The molecule has 0 radical (unpaired) electrons. The van der Waals surface area contributed by atoms with E-state index in [9.17, 15) is 9.90 Å². The summed E-state index contributed by atoms with van der Waals surface area (Å²) in [5.41, 5.74) is 0.292. The number of hydrogen-bond donors (Lipinski definition) is 1. The molecule has 110 valence electrons. The summed E-state index contributed by atoms with van der Waals surface area (Å²) in [6.45, 7) is 5.41. The van der Waals surface area contributed by atoms with Crippen molar-refractivity contribution < 1.29 is 24.1 Å². The molecule has 0 heterocycles. The van der Waals surface area contributed by atoms with Crippen LogP contribution in [0.5, 0.6) is 11.5 Å². The fourth-order valence-electron chi connectivity index (χ4n) is 1.63. The zero-order chi connectivity index (χ0) is 15.3. The van der Waals surface area contributed by atoms with E-state index in [-0.39, 0.29) is 17.2 Å². The lowest BCUT2D eigenvalue weighted by molar-refractivity contribution is -0.139. The monoisotopic (exact) mass is 300 g/mol. The van der Waals surface area contributed by atoms with Gasteiger partial charge < -0.3 is 19.3 Å². The predicted octanol–water partition coefficient (Wildman–Crippen LogP) is 2.51. The van der Waals surface area contributed by atoms with Crippen LogP contribution >= 0.6 is 11.6 Å². The molecule has 1 unspecified atom stereocenters. The van der Waals surface area contributed by atoms with E-state index in [0.717, 1.165) is 0 Å². The lowest BCUT2D eigenvalue weighted by Crippen LogP contribution is -2.14. The van der Waals surface area contributed by atoms with Crippen molar-refractivity contribution in [1.29, 1.82) is 0 Å². The van der Waals surface area contributed by atoms with Crippen LogP contribution in [0.25, 0.3) is 0 Å². The minimum atomic E-state index is -1.23. The Hall–Kier alpha value is -1.72. The average Bonchev–Trinajstić information content (AvgIpc) is 2.44. The van der Waals surface area contributed by atoms with Gasteiger partial charge in [0.2, 0.25) is 0 Å². The lowest BCUT2D eigenvalue weighted by Gasteiger charge is -2.16. The number of ether oxygens (including phenoxy) is 3. The van der Waals surface area contributed by atoms with Crippen LogP contribution in [-0.2, 0) is 9.53 Å². The third-order valence-corrected chi connectivity index (χ3v) is 2.92. The number of rotatable bonds is 6. The topological polar surface area (TPSA) is 65.0 Å². The number of carbonyl (C=O) groups is 1. The predicted molar refractivity (Wildman–Crippen MR) is 75.3 cm³/mol. The highest BCUT2D eigenvalue weighted by Crippen LogP contribution is 2.38. The van der Waals surface area contributed by atoms with Crippen LogP contribution < -0.4 is 9.47 Å². The number of halogens is 1. The van der Waals surface area contributed by atoms with Gasteiger partial charge in [-0.25, -0.2) is 4.79 Å². The smallest absolute Gasteiger partial charge is 0.336 e. The third-order valence-electron chi connectivity index (χ3n) is 2.64. The second-order valence-corrected chi connectivity index (χ2v) is 4.29. The summed E-state index contributed by atoms with van der Waals surface area (Å²) < 4.78 is 15.0. The Labute approximate surface area is 122 Å². The summed E-state index contributed by atoms with van der Waals surface area (Å²) in [5, 5.41) is 10.4. The molecular formula is C14H17ClO5. The SMILES string of the molecule is C=C(C(=O)OCC)C(O)c1cc(Cl)c(OC)c(OC)c1. The Morgan fingerprint density at radius 3 is 2.55 bits per heavy atom. The van der Waals surface area contributed by atoms with Gasteiger partial charge in [-0.3, -0.25) is 0 Å². The maximum absolute atomic E-state index is 11.5. The molecule has 0 aromatic heterocycles. The van der Waals surface area contributed by atoms with E-state index in [1.54, 1.807) is 6.92 Å². The second kappa shape index (κ2) is 7.17. The number of aliphatic hydroxyl groups is 1. The number of esters is 1. The number of aliphatic hydroxyl groups excluding tert-OH is 1. The first-order chi connectivity index (χ1) is 9.46. The van der Waals surface area contributed by atoms with E-state index in [2.05, 4.69) is 6.58 Å². The summed E-state index contributed by atoms with van der Waals surface area (Å²) in [7, 11) is 2.90. The third kappa shape index (κ3) is 3.43. The average molecular weight is 301 g/mol. The van der Waals surface area contributed by atoms with Crippen LogP contribution in [0.4, 0.5) is 0 Å². The zero-order valence-corrected chi connectivity index (χ0v) is 12.4. The molecule has 6 heteroatoms. The summed E-state index contributed by atoms with van der Waals surface area (Å²) >= 11 is 6.04. The van der Waals surface area contributed by atoms with Gasteiger partial charge in [0.25, 0.3) is 0 Å². The fourth-order valence-corrected chi connectivity index (χ4v) is 1.93. The van der Waals surface area contributed by atoms with Crippen LogP contribution in [0, 0.1) is 0 Å². The van der Waals surface area contributed by atoms with E-state index in [0.29, 0.717) is 17.1 Å². The Kier molecular flexibility index (Phi) is 5.85. The lowest BCUT2D eigenvalue weighted by atomic mass is 10.0. The molecule has 1 N–H and O–H groups in total. The molecule has 0 aliphatic rings. The quantitative estimate of drug-likeness (QED) is 0.646. The summed E-state index contributed by atoms with van der Waals surface area (Å²) in [5.74, 6) is 0.0449. The van der Waals surface area contributed by atoms with Gasteiger partial charge in [0, 0.05) is 0 Å². The molecule has 0 saturated heterocycles. The Morgan fingerprint density at radius 1 is 1.40 bits per heavy atom. The molecule has 1 rings (SSSR count). The standard InChI is InChI=1S/C14H17ClO5/c1-5-20-14(17)8(2)12(16)9-6-10(15)13(19-4)11(7-9)18-3/h6-7,12,16H,2,5H2,1,3-4H3. The maximum Gasteiger partial charge on any atom is 0.336 e. The number of benzene rings is 1. The first-order valence-electron chi connectivity index (χ1n) is 5.91. The molecule has 1 aromatic rings. The van der Waals surface area contributed by atoms with Crippen molar-refractivity contribution in [2.45, 2.75) is 13.0 Å². The largest absolute Gasteiger partial charge is 0.493 e. The molecule has 0 spiro atoms. The Bertz CT molecular complexity index is 513. The fraction of sp³-hybridized carbons (Fsp3) is 0.357. The van der Waals surface area contributed by atoms with Gasteiger partial charge in [0.1, 0.15) is 6.10 Å². The molecule has 0 aliphatic carbocycles. The molecule has 20 heavy (non-hydrogen) atoms. The van der Waals surface area contributed by atoms with Gasteiger partial charge in [-0.2, -0.15) is 0 Å². The minimum absolute atomic E-state index is 0.0739. The Morgan fingerprint density at radius 2 is 2.05 bits per heavy atom. The van der Waals surface area contributed by atoms with Crippen LogP contribution in [-0.4, -0.2) is 31.9 Å². The van der Waals surface area contributed by atoms with Gasteiger partial charge in [-0.05, 0) is 24.6 Å². The minimum Gasteiger partial charge on any atom is -0.493 e. The van der Waals surface area contributed by atoms with Crippen molar-refractivity contribution in [1.82, 2.24) is 0 Å². The maximum atomic E-state index is 11.5. The van der Waals surface area contributed by atoms with E-state index in [1.165, 1.54) is 26.4 Å². The highest BCUT2D eigenvalue weighted by atomic mass is 35.5. The molecule has 0 aliphatic heterocycles. The van der Waals surface area contributed by atoms with Gasteiger partial charge in [-0.15, -0.1) is 0 Å².